The maximum absolute atomic E-state index is 12.7. The van der Waals surface area contributed by atoms with Gasteiger partial charge in [-0.3, -0.25) is 4.79 Å². The zero-order valence-corrected chi connectivity index (χ0v) is 13.0. The molecule has 0 aliphatic rings. The molecular weight excluding hydrogens is 316 g/mol. The number of rotatable bonds is 2. The first-order valence-corrected chi connectivity index (χ1v) is 7.55. The van der Waals surface area contributed by atoms with Crippen LogP contribution in [0.25, 0.3) is 33.4 Å². The van der Waals surface area contributed by atoms with E-state index in [1.165, 1.54) is 6.07 Å². The number of pyridine rings is 1. The second-order valence-corrected chi connectivity index (χ2v) is 5.56. The summed E-state index contributed by atoms with van der Waals surface area (Å²) in [6.45, 7) is 0. The van der Waals surface area contributed by atoms with Crippen LogP contribution < -0.4 is 11.3 Å². The summed E-state index contributed by atoms with van der Waals surface area (Å²) in [5.41, 5.74) is 8.32. The van der Waals surface area contributed by atoms with Crippen molar-refractivity contribution in [2.75, 3.05) is 5.73 Å². The minimum Gasteiger partial charge on any atom is -0.381 e. The predicted molar refractivity (Wildman–Crippen MR) is 94.6 cm³/mol. The van der Waals surface area contributed by atoms with Crippen LogP contribution in [0.1, 0.15) is 5.56 Å². The summed E-state index contributed by atoms with van der Waals surface area (Å²) in [6, 6.07) is 18.2. The van der Waals surface area contributed by atoms with Crippen LogP contribution in [0.15, 0.2) is 63.9 Å². The molecule has 0 unspecified atom stereocenters. The fourth-order valence-electron chi connectivity index (χ4n) is 2.91. The zero-order valence-electron chi connectivity index (χ0n) is 13.0. The number of anilines is 1. The van der Waals surface area contributed by atoms with E-state index in [9.17, 15) is 10.1 Å². The first kappa shape index (κ1) is 14.7. The highest BCUT2D eigenvalue weighted by atomic mass is 16.5. The molecule has 0 saturated heterocycles. The maximum atomic E-state index is 12.7. The zero-order chi connectivity index (χ0) is 17.4. The predicted octanol–water partition coefficient (Wildman–Crippen LogP) is 3.30. The van der Waals surface area contributed by atoms with Gasteiger partial charge in [0.25, 0.3) is 5.56 Å². The van der Waals surface area contributed by atoms with Gasteiger partial charge in [-0.25, -0.2) is 0 Å². The van der Waals surface area contributed by atoms with E-state index in [2.05, 4.69) is 16.2 Å². The summed E-state index contributed by atoms with van der Waals surface area (Å²) >= 11 is 0. The molecule has 6 heteroatoms. The highest BCUT2D eigenvalue weighted by Crippen LogP contribution is 2.35. The van der Waals surface area contributed by atoms with E-state index in [-0.39, 0.29) is 17.1 Å². The van der Waals surface area contributed by atoms with Gasteiger partial charge in [-0.05, 0) is 23.8 Å². The average Bonchev–Trinajstić information content (AvgIpc) is 3.06. The van der Waals surface area contributed by atoms with Gasteiger partial charge >= 0.3 is 0 Å². The van der Waals surface area contributed by atoms with Crippen molar-refractivity contribution >= 4 is 16.7 Å². The largest absolute Gasteiger partial charge is 0.381 e. The first-order chi connectivity index (χ1) is 12.2. The third kappa shape index (κ3) is 2.44. The number of H-pyrrole nitrogens is 1. The molecule has 4 aromatic rings. The van der Waals surface area contributed by atoms with Crippen LogP contribution in [0.4, 0.5) is 5.82 Å². The Hall–Kier alpha value is -3.85. The number of aromatic nitrogens is 2. The van der Waals surface area contributed by atoms with E-state index in [0.717, 1.165) is 10.9 Å². The van der Waals surface area contributed by atoms with Gasteiger partial charge in [-0.1, -0.05) is 35.5 Å². The molecule has 0 saturated carbocycles. The second kappa shape index (κ2) is 5.65. The topological polar surface area (TPSA) is 109 Å². The van der Waals surface area contributed by atoms with Gasteiger partial charge in [-0.2, -0.15) is 5.26 Å². The third-order valence-corrected chi connectivity index (χ3v) is 3.98. The van der Waals surface area contributed by atoms with Gasteiger partial charge in [-0.15, -0.1) is 0 Å². The van der Waals surface area contributed by atoms with E-state index < -0.39 is 0 Å². The molecule has 0 bridgehead atoms. The molecule has 25 heavy (non-hydrogen) atoms. The normalized spacial score (nSPS) is 10.7. The molecule has 0 spiro atoms. The molecule has 0 aliphatic carbocycles. The number of nitrogens with zero attached hydrogens (tertiary/aromatic N) is 2. The fourth-order valence-corrected chi connectivity index (χ4v) is 2.91. The van der Waals surface area contributed by atoms with E-state index in [0.29, 0.717) is 22.2 Å². The Balaban J connectivity index is 2.19. The van der Waals surface area contributed by atoms with E-state index >= 15 is 0 Å². The molecule has 4 rings (SSSR count). The Bertz CT molecular complexity index is 1180. The van der Waals surface area contributed by atoms with Gasteiger partial charge in [0.05, 0.1) is 17.2 Å². The molecule has 0 radical (unpaired) electrons. The average molecular weight is 328 g/mol. The molecule has 0 fully saturated rings. The number of aromatic amines is 1. The molecule has 2 aromatic carbocycles. The summed E-state index contributed by atoms with van der Waals surface area (Å²) in [5.74, 6) is 0.473. The van der Waals surface area contributed by atoms with Crippen molar-refractivity contribution in [2.45, 2.75) is 0 Å². The van der Waals surface area contributed by atoms with Crippen molar-refractivity contribution < 1.29 is 4.52 Å². The molecular formula is C19H12N4O2. The van der Waals surface area contributed by atoms with Crippen molar-refractivity contribution in [2.24, 2.45) is 0 Å². The Morgan fingerprint density at radius 3 is 2.56 bits per heavy atom. The third-order valence-electron chi connectivity index (χ3n) is 3.98. The number of hydrogen-bond acceptors (Lipinski definition) is 5. The van der Waals surface area contributed by atoms with Crippen molar-refractivity contribution in [1.29, 1.82) is 5.26 Å². The van der Waals surface area contributed by atoms with Crippen molar-refractivity contribution in [3.8, 4) is 28.5 Å². The lowest BCUT2D eigenvalue weighted by Crippen LogP contribution is -2.11. The fraction of sp³-hybridized carbons (Fsp3) is 0. The van der Waals surface area contributed by atoms with E-state index in [1.54, 1.807) is 18.2 Å². The number of nitrogens with two attached hydrogens (primary N) is 1. The molecule has 0 amide bonds. The molecule has 120 valence electrons. The molecule has 0 aliphatic heterocycles. The minimum atomic E-state index is -0.313. The second-order valence-electron chi connectivity index (χ2n) is 5.56. The standard InChI is InChI=1S/C19H12N4O2/c20-10-11-6-7-14-13(8-11)17(12-4-2-1-3-5-12)18(19(24)22-14)15-9-16(21)23-25-15/h1-9H,(H2,21,23)(H,22,24). The van der Waals surface area contributed by atoms with Gasteiger partial charge < -0.3 is 15.2 Å². The van der Waals surface area contributed by atoms with Crippen LogP contribution in [0.5, 0.6) is 0 Å². The monoisotopic (exact) mass is 328 g/mol. The lowest BCUT2D eigenvalue weighted by atomic mass is 9.94. The Morgan fingerprint density at radius 1 is 1.08 bits per heavy atom. The van der Waals surface area contributed by atoms with Crippen LogP contribution in [-0.2, 0) is 0 Å². The van der Waals surface area contributed by atoms with E-state index in [4.69, 9.17) is 10.3 Å². The highest BCUT2D eigenvalue weighted by Gasteiger charge is 2.19. The van der Waals surface area contributed by atoms with Crippen LogP contribution >= 0.6 is 0 Å². The Kier molecular flexibility index (Phi) is 3.33. The highest BCUT2D eigenvalue weighted by molar-refractivity contribution is 6.01. The van der Waals surface area contributed by atoms with Crippen LogP contribution in [-0.4, -0.2) is 10.1 Å². The van der Waals surface area contributed by atoms with Gasteiger partial charge in [0.1, 0.15) is 0 Å². The van der Waals surface area contributed by atoms with Gasteiger partial charge in [0.2, 0.25) is 0 Å². The molecule has 3 N–H and O–H groups in total. The summed E-state index contributed by atoms with van der Waals surface area (Å²) in [4.78, 5) is 15.6. The Labute approximate surface area is 142 Å². The lowest BCUT2D eigenvalue weighted by Gasteiger charge is -2.11. The Morgan fingerprint density at radius 2 is 1.88 bits per heavy atom. The van der Waals surface area contributed by atoms with Crippen molar-refractivity contribution in [3.05, 3.63) is 70.5 Å². The maximum Gasteiger partial charge on any atom is 0.260 e. The quantitative estimate of drug-likeness (QED) is 0.587. The summed E-state index contributed by atoms with van der Waals surface area (Å²) < 4.78 is 5.24. The van der Waals surface area contributed by atoms with Crippen molar-refractivity contribution in [3.63, 3.8) is 0 Å². The lowest BCUT2D eigenvalue weighted by molar-refractivity contribution is 0.435. The smallest absolute Gasteiger partial charge is 0.260 e. The first-order valence-electron chi connectivity index (χ1n) is 7.55. The number of nitrogens with one attached hydrogen (secondary N) is 1. The van der Waals surface area contributed by atoms with Gasteiger partial charge in [0, 0.05) is 22.5 Å². The van der Waals surface area contributed by atoms with Gasteiger partial charge in [0.15, 0.2) is 11.6 Å². The molecule has 2 heterocycles. The summed E-state index contributed by atoms with van der Waals surface area (Å²) in [6.07, 6.45) is 0. The minimum absolute atomic E-state index is 0.194. The number of benzene rings is 2. The summed E-state index contributed by atoms with van der Waals surface area (Å²) in [5, 5.41) is 13.7. The van der Waals surface area contributed by atoms with Crippen LogP contribution in [0, 0.1) is 11.3 Å². The molecule has 6 nitrogen and oxygen atoms in total. The van der Waals surface area contributed by atoms with Crippen LogP contribution in [0.3, 0.4) is 0 Å². The molecule has 2 aromatic heterocycles. The number of nitrogen functional groups attached to an aromatic ring is 1. The van der Waals surface area contributed by atoms with E-state index in [1.807, 2.05) is 30.3 Å². The van der Waals surface area contributed by atoms with Crippen molar-refractivity contribution in [1.82, 2.24) is 10.1 Å². The number of hydrogen-bond donors (Lipinski definition) is 2. The molecule has 0 atom stereocenters. The SMILES string of the molecule is N#Cc1ccc2[nH]c(=O)c(-c3cc(N)no3)c(-c3ccccc3)c2c1. The summed E-state index contributed by atoms with van der Waals surface area (Å²) in [7, 11) is 0. The van der Waals surface area contributed by atoms with Crippen LogP contribution in [0.2, 0.25) is 0 Å². The number of nitriles is 1. The number of fused-ring (bicyclic) bond motifs is 1.